The molecule has 1 unspecified atom stereocenters. The standard InChI is InChI=1S/C11H17N3O3/c1-6(2)8(4-11(16)17)14-9-5-10(15)13-7(3)12-9/h5-6,8H,4H2,1-3H3,(H,16,17)(H2,12,13,14,15). The quantitative estimate of drug-likeness (QED) is 0.712. The summed E-state index contributed by atoms with van der Waals surface area (Å²) in [4.78, 5) is 28.6. The molecule has 1 aromatic heterocycles. The van der Waals surface area contributed by atoms with Gasteiger partial charge in [-0.05, 0) is 12.8 Å². The molecule has 0 spiro atoms. The van der Waals surface area contributed by atoms with E-state index in [-0.39, 0.29) is 23.9 Å². The Balaban J connectivity index is 2.85. The van der Waals surface area contributed by atoms with Crippen LogP contribution < -0.4 is 10.9 Å². The maximum Gasteiger partial charge on any atom is 0.305 e. The smallest absolute Gasteiger partial charge is 0.305 e. The molecule has 0 aliphatic rings. The van der Waals surface area contributed by atoms with Gasteiger partial charge in [0.2, 0.25) is 0 Å². The average Bonchev–Trinajstić information content (AvgIpc) is 2.13. The van der Waals surface area contributed by atoms with E-state index < -0.39 is 5.97 Å². The van der Waals surface area contributed by atoms with Crippen LogP contribution in [-0.2, 0) is 4.79 Å². The van der Waals surface area contributed by atoms with E-state index in [0.717, 1.165) is 0 Å². The Morgan fingerprint density at radius 3 is 2.71 bits per heavy atom. The van der Waals surface area contributed by atoms with Crippen LogP contribution in [-0.4, -0.2) is 27.1 Å². The molecule has 1 atom stereocenters. The second kappa shape index (κ2) is 5.47. The number of aryl methyl sites for hydroxylation is 1. The van der Waals surface area contributed by atoms with Gasteiger partial charge in [-0.3, -0.25) is 9.59 Å². The molecule has 1 aromatic rings. The van der Waals surface area contributed by atoms with Crippen molar-refractivity contribution >= 4 is 11.8 Å². The summed E-state index contributed by atoms with van der Waals surface area (Å²) in [7, 11) is 0. The van der Waals surface area contributed by atoms with Gasteiger partial charge >= 0.3 is 5.97 Å². The highest BCUT2D eigenvalue weighted by Crippen LogP contribution is 2.12. The van der Waals surface area contributed by atoms with Crippen molar-refractivity contribution in [1.29, 1.82) is 0 Å². The van der Waals surface area contributed by atoms with Crippen LogP contribution >= 0.6 is 0 Å². The molecule has 0 amide bonds. The van der Waals surface area contributed by atoms with Crippen LogP contribution in [0.5, 0.6) is 0 Å². The number of carbonyl (C=O) groups is 1. The minimum atomic E-state index is -0.877. The topological polar surface area (TPSA) is 95.1 Å². The molecule has 94 valence electrons. The van der Waals surface area contributed by atoms with Crippen molar-refractivity contribution in [2.24, 2.45) is 5.92 Å². The number of aromatic nitrogens is 2. The highest BCUT2D eigenvalue weighted by Gasteiger charge is 2.17. The summed E-state index contributed by atoms with van der Waals surface area (Å²) in [5.41, 5.74) is -0.252. The third kappa shape index (κ3) is 4.26. The summed E-state index contributed by atoms with van der Waals surface area (Å²) < 4.78 is 0. The molecule has 0 bridgehead atoms. The molecule has 1 heterocycles. The molecular formula is C11H17N3O3. The Hall–Kier alpha value is -1.85. The van der Waals surface area contributed by atoms with Gasteiger partial charge in [0.1, 0.15) is 11.6 Å². The predicted molar refractivity (Wildman–Crippen MR) is 64.1 cm³/mol. The molecule has 3 N–H and O–H groups in total. The van der Waals surface area contributed by atoms with Gasteiger partial charge < -0.3 is 15.4 Å². The van der Waals surface area contributed by atoms with E-state index in [1.54, 1.807) is 6.92 Å². The largest absolute Gasteiger partial charge is 0.481 e. The monoisotopic (exact) mass is 239 g/mol. The highest BCUT2D eigenvalue weighted by atomic mass is 16.4. The molecule has 0 aliphatic heterocycles. The number of nitrogens with one attached hydrogen (secondary N) is 2. The van der Waals surface area contributed by atoms with Crippen LogP contribution in [0.2, 0.25) is 0 Å². The molecule has 6 nitrogen and oxygen atoms in total. The van der Waals surface area contributed by atoms with Gasteiger partial charge in [0.05, 0.1) is 6.42 Å². The molecule has 1 rings (SSSR count). The lowest BCUT2D eigenvalue weighted by atomic mass is 10.0. The first kappa shape index (κ1) is 13.2. The number of carboxylic acids is 1. The van der Waals surface area contributed by atoms with E-state index in [9.17, 15) is 9.59 Å². The Morgan fingerprint density at radius 2 is 2.24 bits per heavy atom. The SMILES string of the molecule is Cc1nc(NC(CC(=O)O)C(C)C)cc(=O)[nH]1. The Labute approximate surface area is 99.1 Å². The summed E-state index contributed by atoms with van der Waals surface area (Å²) in [6, 6.07) is 1.07. The summed E-state index contributed by atoms with van der Waals surface area (Å²) in [6.45, 7) is 5.51. The molecule has 0 saturated carbocycles. The van der Waals surface area contributed by atoms with E-state index in [1.807, 2.05) is 13.8 Å². The van der Waals surface area contributed by atoms with Crippen molar-refractivity contribution in [3.8, 4) is 0 Å². The summed E-state index contributed by atoms with van der Waals surface area (Å²) >= 11 is 0. The number of aromatic amines is 1. The molecule has 6 heteroatoms. The minimum absolute atomic E-state index is 0.00874. The van der Waals surface area contributed by atoms with Crippen LogP contribution in [0.3, 0.4) is 0 Å². The summed E-state index contributed by atoms with van der Waals surface area (Å²) in [5, 5.41) is 11.8. The zero-order valence-electron chi connectivity index (χ0n) is 10.2. The van der Waals surface area contributed by atoms with Gasteiger partial charge in [-0.15, -0.1) is 0 Å². The molecule has 0 saturated heterocycles. The van der Waals surface area contributed by atoms with Crippen molar-refractivity contribution in [3.05, 3.63) is 22.2 Å². The van der Waals surface area contributed by atoms with E-state index in [2.05, 4.69) is 15.3 Å². The molecule has 17 heavy (non-hydrogen) atoms. The first-order valence-electron chi connectivity index (χ1n) is 5.44. The fraction of sp³-hybridized carbons (Fsp3) is 0.545. The van der Waals surface area contributed by atoms with Crippen LogP contribution in [0.1, 0.15) is 26.1 Å². The van der Waals surface area contributed by atoms with Crippen LogP contribution in [0.4, 0.5) is 5.82 Å². The molecular weight excluding hydrogens is 222 g/mol. The van der Waals surface area contributed by atoms with Crippen molar-refractivity contribution < 1.29 is 9.90 Å². The fourth-order valence-electron chi connectivity index (χ4n) is 1.48. The number of rotatable bonds is 5. The highest BCUT2D eigenvalue weighted by molar-refractivity contribution is 5.68. The Bertz CT molecular complexity index is 454. The second-order valence-corrected chi connectivity index (χ2v) is 4.31. The lowest BCUT2D eigenvalue weighted by Crippen LogP contribution is -2.29. The van der Waals surface area contributed by atoms with Gasteiger partial charge in [0.25, 0.3) is 5.56 Å². The first-order valence-corrected chi connectivity index (χ1v) is 5.44. The maximum absolute atomic E-state index is 11.2. The minimum Gasteiger partial charge on any atom is -0.481 e. The number of H-pyrrole nitrogens is 1. The van der Waals surface area contributed by atoms with Crippen LogP contribution in [0.15, 0.2) is 10.9 Å². The van der Waals surface area contributed by atoms with Gasteiger partial charge in [0.15, 0.2) is 0 Å². The van der Waals surface area contributed by atoms with Crippen molar-refractivity contribution in [1.82, 2.24) is 9.97 Å². The average molecular weight is 239 g/mol. The Kier molecular flexibility index (Phi) is 4.25. The molecule has 0 aromatic carbocycles. The Morgan fingerprint density at radius 1 is 1.59 bits per heavy atom. The van der Waals surface area contributed by atoms with Crippen molar-refractivity contribution in [2.75, 3.05) is 5.32 Å². The number of hydrogen-bond donors (Lipinski definition) is 3. The number of aliphatic carboxylic acids is 1. The van der Waals surface area contributed by atoms with E-state index in [0.29, 0.717) is 11.6 Å². The number of carboxylic acid groups (broad SMARTS) is 1. The van der Waals surface area contributed by atoms with Crippen molar-refractivity contribution in [2.45, 2.75) is 33.2 Å². The van der Waals surface area contributed by atoms with E-state index >= 15 is 0 Å². The first-order chi connectivity index (χ1) is 7.88. The van der Waals surface area contributed by atoms with Crippen LogP contribution in [0, 0.1) is 12.8 Å². The number of nitrogens with zero attached hydrogens (tertiary/aromatic N) is 1. The summed E-state index contributed by atoms with van der Waals surface area (Å²) in [6.07, 6.45) is -0.00874. The maximum atomic E-state index is 11.2. The normalized spacial score (nSPS) is 12.5. The molecule has 0 radical (unpaired) electrons. The van der Waals surface area contributed by atoms with Crippen LogP contribution in [0.25, 0.3) is 0 Å². The zero-order valence-corrected chi connectivity index (χ0v) is 10.2. The van der Waals surface area contributed by atoms with Gasteiger partial charge in [-0.25, -0.2) is 4.98 Å². The van der Waals surface area contributed by atoms with E-state index in [1.165, 1.54) is 6.07 Å². The lowest BCUT2D eigenvalue weighted by molar-refractivity contribution is -0.137. The third-order valence-electron chi connectivity index (χ3n) is 2.39. The predicted octanol–water partition coefficient (Wildman–Crippen LogP) is 0.990. The zero-order chi connectivity index (χ0) is 13.0. The van der Waals surface area contributed by atoms with Gasteiger partial charge in [-0.2, -0.15) is 0 Å². The van der Waals surface area contributed by atoms with Gasteiger partial charge in [-0.1, -0.05) is 13.8 Å². The molecule has 0 fully saturated rings. The lowest BCUT2D eigenvalue weighted by Gasteiger charge is -2.21. The third-order valence-corrected chi connectivity index (χ3v) is 2.39. The number of hydrogen-bond acceptors (Lipinski definition) is 4. The summed E-state index contributed by atoms with van der Waals surface area (Å²) in [5.74, 6) is 0.161. The number of anilines is 1. The van der Waals surface area contributed by atoms with Gasteiger partial charge in [0, 0.05) is 12.1 Å². The second-order valence-electron chi connectivity index (χ2n) is 4.31. The molecule has 0 aliphatic carbocycles. The van der Waals surface area contributed by atoms with E-state index in [4.69, 9.17) is 5.11 Å². The fourth-order valence-corrected chi connectivity index (χ4v) is 1.48. The van der Waals surface area contributed by atoms with Crippen molar-refractivity contribution in [3.63, 3.8) is 0 Å².